The number of rotatable bonds is 3. The van der Waals surface area contributed by atoms with Gasteiger partial charge in [0, 0.05) is 5.56 Å². The molecule has 0 radical (unpaired) electrons. The summed E-state index contributed by atoms with van der Waals surface area (Å²) in [6.07, 6.45) is 0. The number of hydrogen-bond donors (Lipinski definition) is 2. The molecule has 4 nitrogen and oxygen atoms in total. The minimum absolute atomic E-state index is 0.00552. The fraction of sp³-hybridized carbons (Fsp3) is 0.278. The molecule has 0 aromatic heterocycles. The van der Waals surface area contributed by atoms with Crippen molar-refractivity contribution in [2.24, 2.45) is 16.7 Å². The summed E-state index contributed by atoms with van der Waals surface area (Å²) in [4.78, 5) is 0. The van der Waals surface area contributed by atoms with Gasteiger partial charge in [-0.25, -0.2) is 0 Å². The lowest BCUT2D eigenvalue weighted by atomic mass is 9.81. The normalized spacial score (nSPS) is 12.3. The van der Waals surface area contributed by atoms with Gasteiger partial charge in [-0.05, 0) is 40.3 Å². The molecule has 2 aromatic carbocycles. The number of hydrazone groups is 1. The van der Waals surface area contributed by atoms with Crippen LogP contribution in [0.2, 0.25) is 0 Å². The van der Waals surface area contributed by atoms with Gasteiger partial charge in [0.2, 0.25) is 0 Å². The molecule has 0 bridgehead atoms. The van der Waals surface area contributed by atoms with Gasteiger partial charge in [-0.15, -0.1) is 0 Å². The van der Waals surface area contributed by atoms with E-state index < -0.39 is 0 Å². The molecule has 0 unspecified atom stereocenters. The molecule has 0 saturated carbocycles. The number of ether oxygens (including phenoxy) is 1. The molecule has 0 spiro atoms. The second kappa shape index (κ2) is 6.10. The first-order valence-corrected chi connectivity index (χ1v) is 7.19. The third kappa shape index (κ3) is 3.22. The number of nitrogens with zero attached hydrogens (tertiary/aromatic N) is 1. The minimum Gasteiger partial charge on any atom is -0.497 e. The van der Waals surface area contributed by atoms with Gasteiger partial charge < -0.3 is 16.3 Å². The molecule has 4 heteroatoms. The monoisotopic (exact) mass is 297 g/mol. The summed E-state index contributed by atoms with van der Waals surface area (Å²) in [5.41, 5.74) is 10.1. The Bertz CT molecular complexity index is 700. The van der Waals surface area contributed by atoms with E-state index in [1.165, 1.54) is 5.56 Å². The van der Waals surface area contributed by atoms with Crippen LogP contribution in [0.5, 0.6) is 5.75 Å². The summed E-state index contributed by atoms with van der Waals surface area (Å²) in [5.74, 6) is 6.45. The SMILES string of the molecule is COc1cccc(-c2cc(C(N)=NN)ccc2C(C)(C)C)c1. The molecular weight excluding hydrogens is 274 g/mol. The maximum absolute atomic E-state index is 5.86. The predicted octanol–water partition coefficient (Wildman–Crippen LogP) is 3.24. The van der Waals surface area contributed by atoms with Crippen LogP contribution in [0.3, 0.4) is 0 Å². The Labute approximate surface area is 131 Å². The predicted molar refractivity (Wildman–Crippen MR) is 92.0 cm³/mol. The Morgan fingerprint density at radius 3 is 2.41 bits per heavy atom. The molecule has 2 rings (SSSR count). The molecule has 0 aliphatic rings. The van der Waals surface area contributed by atoms with Crippen molar-refractivity contribution in [1.82, 2.24) is 0 Å². The molecule has 22 heavy (non-hydrogen) atoms. The van der Waals surface area contributed by atoms with E-state index in [4.69, 9.17) is 16.3 Å². The molecule has 4 N–H and O–H groups in total. The van der Waals surface area contributed by atoms with Gasteiger partial charge in [-0.3, -0.25) is 0 Å². The fourth-order valence-electron chi connectivity index (χ4n) is 2.46. The van der Waals surface area contributed by atoms with E-state index in [1.54, 1.807) is 7.11 Å². The number of benzene rings is 2. The molecule has 0 aliphatic carbocycles. The zero-order chi connectivity index (χ0) is 16.3. The second-order valence-electron chi connectivity index (χ2n) is 6.26. The minimum atomic E-state index is 0.00552. The molecule has 0 heterocycles. The number of methoxy groups -OCH3 is 1. The highest BCUT2D eigenvalue weighted by molar-refractivity contribution is 5.98. The van der Waals surface area contributed by atoms with E-state index in [-0.39, 0.29) is 5.41 Å². The van der Waals surface area contributed by atoms with Crippen LogP contribution in [0.15, 0.2) is 47.6 Å². The van der Waals surface area contributed by atoms with Gasteiger partial charge in [0.05, 0.1) is 7.11 Å². The third-order valence-electron chi connectivity index (χ3n) is 3.64. The largest absolute Gasteiger partial charge is 0.497 e. The van der Waals surface area contributed by atoms with Crippen molar-refractivity contribution in [3.63, 3.8) is 0 Å². The van der Waals surface area contributed by atoms with E-state index in [9.17, 15) is 0 Å². The molecule has 0 saturated heterocycles. The zero-order valence-corrected chi connectivity index (χ0v) is 13.6. The van der Waals surface area contributed by atoms with Crippen LogP contribution < -0.4 is 16.3 Å². The third-order valence-corrected chi connectivity index (χ3v) is 3.64. The lowest BCUT2D eigenvalue weighted by Gasteiger charge is -2.24. The van der Waals surface area contributed by atoms with Crippen LogP contribution in [0, 0.1) is 0 Å². The molecule has 0 amide bonds. The summed E-state index contributed by atoms with van der Waals surface area (Å²) >= 11 is 0. The topological polar surface area (TPSA) is 73.6 Å². The molecule has 0 fully saturated rings. The van der Waals surface area contributed by atoms with Gasteiger partial charge in [-0.1, -0.05) is 45.0 Å². The summed E-state index contributed by atoms with van der Waals surface area (Å²) in [6.45, 7) is 6.56. The Hall–Kier alpha value is -2.49. The van der Waals surface area contributed by atoms with Crippen molar-refractivity contribution in [3.8, 4) is 16.9 Å². The Morgan fingerprint density at radius 1 is 1.09 bits per heavy atom. The highest BCUT2D eigenvalue weighted by Crippen LogP contribution is 2.35. The second-order valence-corrected chi connectivity index (χ2v) is 6.26. The number of nitrogens with two attached hydrogens (primary N) is 2. The molecule has 0 atom stereocenters. The highest BCUT2D eigenvalue weighted by atomic mass is 16.5. The summed E-state index contributed by atoms with van der Waals surface area (Å²) < 4.78 is 5.33. The van der Waals surface area contributed by atoms with Gasteiger partial charge in [-0.2, -0.15) is 5.10 Å². The van der Waals surface area contributed by atoms with Crippen molar-refractivity contribution >= 4 is 5.84 Å². The van der Waals surface area contributed by atoms with E-state index in [0.717, 1.165) is 22.4 Å². The van der Waals surface area contributed by atoms with Gasteiger partial charge >= 0.3 is 0 Å². The fourth-order valence-corrected chi connectivity index (χ4v) is 2.46. The molecule has 0 aliphatic heterocycles. The van der Waals surface area contributed by atoms with E-state index >= 15 is 0 Å². The summed E-state index contributed by atoms with van der Waals surface area (Å²) in [7, 11) is 1.67. The van der Waals surface area contributed by atoms with E-state index in [0.29, 0.717) is 5.84 Å². The Kier molecular flexibility index (Phi) is 4.40. The number of amidine groups is 1. The van der Waals surface area contributed by atoms with Crippen molar-refractivity contribution in [3.05, 3.63) is 53.6 Å². The van der Waals surface area contributed by atoms with Crippen molar-refractivity contribution in [2.45, 2.75) is 26.2 Å². The first-order chi connectivity index (χ1) is 10.4. The van der Waals surface area contributed by atoms with Gasteiger partial charge in [0.1, 0.15) is 11.6 Å². The van der Waals surface area contributed by atoms with Crippen molar-refractivity contribution in [2.75, 3.05) is 7.11 Å². The maximum atomic E-state index is 5.86. The van der Waals surface area contributed by atoms with Crippen LogP contribution >= 0.6 is 0 Å². The Balaban J connectivity index is 2.68. The van der Waals surface area contributed by atoms with Crippen LogP contribution in [-0.2, 0) is 5.41 Å². The van der Waals surface area contributed by atoms with Crippen LogP contribution in [-0.4, -0.2) is 12.9 Å². The van der Waals surface area contributed by atoms with Crippen LogP contribution in [0.4, 0.5) is 0 Å². The average Bonchev–Trinajstić information content (AvgIpc) is 2.52. The van der Waals surface area contributed by atoms with E-state index in [2.05, 4.69) is 38.0 Å². The van der Waals surface area contributed by atoms with Crippen LogP contribution in [0.1, 0.15) is 31.9 Å². The van der Waals surface area contributed by atoms with Gasteiger partial charge in [0.15, 0.2) is 0 Å². The quantitative estimate of drug-likeness (QED) is 0.395. The molecular formula is C18H23N3O. The summed E-state index contributed by atoms with van der Waals surface area (Å²) in [6, 6.07) is 14.1. The van der Waals surface area contributed by atoms with E-state index in [1.807, 2.05) is 30.3 Å². The smallest absolute Gasteiger partial charge is 0.150 e. The number of hydrogen-bond acceptors (Lipinski definition) is 3. The Morgan fingerprint density at radius 2 is 1.82 bits per heavy atom. The highest BCUT2D eigenvalue weighted by Gasteiger charge is 2.20. The molecule has 2 aromatic rings. The van der Waals surface area contributed by atoms with Crippen molar-refractivity contribution < 1.29 is 4.74 Å². The zero-order valence-electron chi connectivity index (χ0n) is 13.6. The average molecular weight is 297 g/mol. The standard InChI is InChI=1S/C18H23N3O/c1-18(2,3)16-9-8-13(17(19)21-20)11-15(16)12-6-5-7-14(10-12)22-4/h5-11H,20H2,1-4H3,(H2,19,21). The lowest BCUT2D eigenvalue weighted by molar-refractivity contribution is 0.415. The first-order valence-electron chi connectivity index (χ1n) is 7.19. The van der Waals surface area contributed by atoms with Gasteiger partial charge in [0.25, 0.3) is 0 Å². The van der Waals surface area contributed by atoms with Crippen molar-refractivity contribution in [1.29, 1.82) is 0 Å². The lowest BCUT2D eigenvalue weighted by Crippen LogP contribution is -2.18. The summed E-state index contributed by atoms with van der Waals surface area (Å²) in [5, 5.41) is 3.59. The maximum Gasteiger partial charge on any atom is 0.150 e. The molecule has 116 valence electrons. The first kappa shape index (κ1) is 15.9. The van der Waals surface area contributed by atoms with Crippen LogP contribution in [0.25, 0.3) is 11.1 Å².